The molecule has 0 atom stereocenters. The molecule has 102 valence electrons. The molecule has 0 aliphatic heterocycles. The molecule has 19 heavy (non-hydrogen) atoms. The van der Waals surface area contributed by atoms with E-state index in [0.717, 1.165) is 0 Å². The van der Waals surface area contributed by atoms with Crippen LogP contribution in [0.25, 0.3) is 0 Å². The second kappa shape index (κ2) is 4.97. The number of pyridine rings is 1. The Morgan fingerprint density at radius 2 is 2.21 bits per heavy atom. The first-order valence-corrected chi connectivity index (χ1v) is 5.95. The van der Waals surface area contributed by atoms with E-state index in [2.05, 4.69) is 4.98 Å². The molecule has 0 saturated heterocycles. The maximum absolute atomic E-state index is 12.3. The summed E-state index contributed by atoms with van der Waals surface area (Å²) in [7, 11) is 3.05. The third kappa shape index (κ3) is 2.19. The minimum Gasteiger partial charge on any atom is -0.479 e. The molecular formula is C13H16N2O4. The van der Waals surface area contributed by atoms with Gasteiger partial charge in [-0.2, -0.15) is 0 Å². The van der Waals surface area contributed by atoms with Gasteiger partial charge >= 0.3 is 5.97 Å². The van der Waals surface area contributed by atoms with Crippen molar-refractivity contribution >= 4 is 11.9 Å². The Bertz CT molecular complexity index is 483. The van der Waals surface area contributed by atoms with Gasteiger partial charge in [0, 0.05) is 39.4 Å². The zero-order valence-corrected chi connectivity index (χ0v) is 10.9. The Hall–Kier alpha value is -1.95. The van der Waals surface area contributed by atoms with Crippen molar-refractivity contribution in [3.63, 3.8) is 0 Å². The number of rotatable bonds is 4. The van der Waals surface area contributed by atoms with Gasteiger partial charge in [0.1, 0.15) is 5.54 Å². The van der Waals surface area contributed by atoms with E-state index in [1.807, 2.05) is 0 Å². The maximum Gasteiger partial charge on any atom is 0.329 e. The van der Waals surface area contributed by atoms with Gasteiger partial charge in [-0.05, 0) is 12.1 Å². The lowest BCUT2D eigenvalue weighted by Crippen LogP contribution is -2.64. The molecule has 1 N–H and O–H groups in total. The Morgan fingerprint density at radius 3 is 2.68 bits per heavy atom. The van der Waals surface area contributed by atoms with E-state index in [1.54, 1.807) is 25.4 Å². The van der Waals surface area contributed by atoms with Gasteiger partial charge in [-0.1, -0.05) is 0 Å². The minimum absolute atomic E-state index is 0.111. The number of carboxylic acid groups (broad SMARTS) is 1. The molecule has 0 aromatic carbocycles. The van der Waals surface area contributed by atoms with Crippen molar-refractivity contribution in [2.75, 3.05) is 14.2 Å². The zero-order chi connectivity index (χ0) is 14.0. The number of hydrogen-bond donors (Lipinski definition) is 1. The Balaban J connectivity index is 2.20. The van der Waals surface area contributed by atoms with Crippen LogP contribution < -0.4 is 0 Å². The molecule has 0 radical (unpaired) electrons. The number of carbonyl (C=O) groups is 2. The summed E-state index contributed by atoms with van der Waals surface area (Å²) >= 11 is 0. The predicted molar refractivity (Wildman–Crippen MR) is 66.7 cm³/mol. The number of nitrogens with zero attached hydrogens (tertiary/aromatic N) is 2. The van der Waals surface area contributed by atoms with E-state index in [4.69, 9.17) is 4.74 Å². The highest BCUT2D eigenvalue weighted by Gasteiger charge is 2.55. The van der Waals surface area contributed by atoms with Gasteiger partial charge in [-0.25, -0.2) is 4.79 Å². The van der Waals surface area contributed by atoms with Gasteiger partial charge in [-0.15, -0.1) is 0 Å². The monoisotopic (exact) mass is 264 g/mol. The molecule has 0 spiro atoms. The number of hydrogen-bond acceptors (Lipinski definition) is 4. The van der Waals surface area contributed by atoms with Crippen LogP contribution in [-0.4, -0.2) is 52.7 Å². The molecule has 0 bridgehead atoms. The van der Waals surface area contributed by atoms with E-state index >= 15 is 0 Å². The Kier molecular flexibility index (Phi) is 3.53. The first kappa shape index (κ1) is 13.5. The molecule has 1 fully saturated rings. The molecule has 1 amide bonds. The van der Waals surface area contributed by atoms with Crippen LogP contribution in [0, 0.1) is 0 Å². The molecule has 1 heterocycles. The lowest BCUT2D eigenvalue weighted by Gasteiger charge is -2.48. The van der Waals surface area contributed by atoms with E-state index < -0.39 is 11.5 Å². The number of aromatic nitrogens is 1. The first-order chi connectivity index (χ1) is 9.01. The van der Waals surface area contributed by atoms with Crippen LogP contribution in [-0.2, 0) is 9.53 Å². The van der Waals surface area contributed by atoms with Crippen molar-refractivity contribution in [3.8, 4) is 0 Å². The fourth-order valence-electron chi connectivity index (χ4n) is 2.33. The highest BCUT2D eigenvalue weighted by atomic mass is 16.5. The average Bonchev–Trinajstić information content (AvgIpc) is 2.37. The molecule has 1 aromatic rings. The first-order valence-electron chi connectivity index (χ1n) is 5.95. The van der Waals surface area contributed by atoms with Crippen molar-refractivity contribution in [1.82, 2.24) is 9.88 Å². The molecule has 6 heteroatoms. The van der Waals surface area contributed by atoms with Crippen molar-refractivity contribution in [2.24, 2.45) is 0 Å². The number of carbonyl (C=O) groups excluding carboxylic acids is 1. The minimum atomic E-state index is -1.17. The number of methoxy groups -OCH3 is 1. The lowest BCUT2D eigenvalue weighted by molar-refractivity contribution is -0.165. The van der Waals surface area contributed by atoms with Crippen molar-refractivity contribution < 1.29 is 19.4 Å². The van der Waals surface area contributed by atoms with Crippen LogP contribution in [0.3, 0.4) is 0 Å². The van der Waals surface area contributed by atoms with E-state index in [-0.39, 0.29) is 12.0 Å². The normalized spacial score (nSPS) is 25.5. The standard InChI is InChI=1S/C13H16N2O4/c1-15(11(16)9-4-3-5-14-8-9)13(12(17)18)6-10(7-13)19-2/h3-5,8,10H,6-7H2,1-2H3,(H,17,18). The summed E-state index contributed by atoms with van der Waals surface area (Å²) in [5, 5.41) is 9.40. The highest BCUT2D eigenvalue weighted by Crippen LogP contribution is 2.39. The van der Waals surface area contributed by atoms with Gasteiger partial charge in [0.2, 0.25) is 0 Å². The molecule has 2 rings (SSSR count). The Labute approximate surface area is 111 Å². The third-order valence-corrected chi connectivity index (χ3v) is 3.72. The third-order valence-electron chi connectivity index (χ3n) is 3.72. The number of carboxylic acids is 1. The highest BCUT2D eigenvalue weighted by molar-refractivity contribution is 5.97. The molecular weight excluding hydrogens is 248 g/mol. The van der Waals surface area contributed by atoms with Crippen molar-refractivity contribution in [2.45, 2.75) is 24.5 Å². The number of aliphatic carboxylic acids is 1. The van der Waals surface area contributed by atoms with E-state index in [9.17, 15) is 14.7 Å². The zero-order valence-electron chi connectivity index (χ0n) is 10.9. The molecule has 6 nitrogen and oxygen atoms in total. The molecule has 0 unspecified atom stereocenters. The summed E-state index contributed by atoms with van der Waals surface area (Å²) in [6.07, 6.45) is 3.50. The van der Waals surface area contributed by atoms with Crippen LogP contribution in [0.5, 0.6) is 0 Å². The summed E-state index contributed by atoms with van der Waals surface area (Å²) in [5.41, 5.74) is -0.792. The molecule has 1 aliphatic carbocycles. The summed E-state index contributed by atoms with van der Waals surface area (Å²) in [6.45, 7) is 0. The fraction of sp³-hybridized carbons (Fsp3) is 0.462. The SMILES string of the molecule is COC1CC(C(=O)O)(N(C)C(=O)c2cccnc2)C1. The molecule has 1 aromatic heterocycles. The summed E-state index contributed by atoms with van der Waals surface area (Å²) in [6, 6.07) is 3.26. The van der Waals surface area contributed by atoms with E-state index in [0.29, 0.717) is 18.4 Å². The molecule has 1 aliphatic rings. The number of ether oxygens (including phenoxy) is 1. The van der Waals surface area contributed by atoms with Crippen LogP contribution >= 0.6 is 0 Å². The quantitative estimate of drug-likeness (QED) is 0.869. The lowest BCUT2D eigenvalue weighted by atomic mass is 9.72. The molecule has 1 saturated carbocycles. The van der Waals surface area contributed by atoms with Gasteiger partial charge in [-0.3, -0.25) is 9.78 Å². The second-order valence-electron chi connectivity index (χ2n) is 4.71. The Morgan fingerprint density at radius 1 is 1.53 bits per heavy atom. The van der Waals surface area contributed by atoms with Gasteiger partial charge in [0.25, 0.3) is 5.91 Å². The summed E-state index contributed by atoms with van der Waals surface area (Å²) < 4.78 is 5.11. The number of amides is 1. The summed E-state index contributed by atoms with van der Waals surface area (Å²) in [4.78, 5) is 28.9. The van der Waals surface area contributed by atoms with Crippen LogP contribution in [0.4, 0.5) is 0 Å². The van der Waals surface area contributed by atoms with Crippen molar-refractivity contribution in [1.29, 1.82) is 0 Å². The van der Waals surface area contributed by atoms with Crippen molar-refractivity contribution in [3.05, 3.63) is 30.1 Å². The average molecular weight is 264 g/mol. The van der Waals surface area contributed by atoms with Crippen LogP contribution in [0.2, 0.25) is 0 Å². The van der Waals surface area contributed by atoms with E-state index in [1.165, 1.54) is 18.1 Å². The largest absolute Gasteiger partial charge is 0.479 e. The van der Waals surface area contributed by atoms with Gasteiger partial charge in [0.15, 0.2) is 0 Å². The predicted octanol–water partition coefficient (Wildman–Crippen LogP) is 0.786. The smallest absolute Gasteiger partial charge is 0.329 e. The maximum atomic E-state index is 12.3. The van der Waals surface area contributed by atoms with Gasteiger partial charge in [0.05, 0.1) is 11.7 Å². The van der Waals surface area contributed by atoms with Crippen LogP contribution in [0.15, 0.2) is 24.5 Å². The van der Waals surface area contributed by atoms with Gasteiger partial charge < -0.3 is 14.7 Å². The topological polar surface area (TPSA) is 79.7 Å². The number of likely N-dealkylation sites (N-methyl/N-ethyl adjacent to an activating group) is 1. The summed E-state index contributed by atoms with van der Waals surface area (Å²) in [5.74, 6) is -1.34. The fourth-order valence-corrected chi connectivity index (χ4v) is 2.33. The van der Waals surface area contributed by atoms with Crippen LogP contribution in [0.1, 0.15) is 23.2 Å². The second-order valence-corrected chi connectivity index (χ2v) is 4.71.